The Labute approximate surface area is 199 Å². The number of aliphatic hydroxyl groups is 1. The van der Waals surface area contributed by atoms with Crippen LogP contribution in [0, 0.1) is 5.92 Å². The van der Waals surface area contributed by atoms with Crippen molar-refractivity contribution in [3.05, 3.63) is 54.1 Å². The molecule has 1 heterocycles. The fourth-order valence-electron chi connectivity index (χ4n) is 3.76. The summed E-state index contributed by atoms with van der Waals surface area (Å²) < 4.78 is 10.6. The first kappa shape index (κ1) is 25.3. The molecule has 0 spiro atoms. The van der Waals surface area contributed by atoms with E-state index in [1.54, 1.807) is 48.2 Å². The third-order valence-electron chi connectivity index (χ3n) is 5.66. The number of anilines is 1. The molecule has 1 aliphatic rings. The third-order valence-corrected chi connectivity index (χ3v) is 5.66. The number of nitrogens with one attached hydrogen (secondary N) is 2. The summed E-state index contributed by atoms with van der Waals surface area (Å²) in [6, 6.07) is 13.0. The second kappa shape index (κ2) is 12.8. The van der Waals surface area contributed by atoms with Crippen LogP contribution >= 0.6 is 0 Å². The topological polar surface area (TPSA) is 120 Å². The van der Waals surface area contributed by atoms with Gasteiger partial charge in [0.25, 0.3) is 0 Å². The highest BCUT2D eigenvalue weighted by Gasteiger charge is 2.24. The highest BCUT2D eigenvalue weighted by molar-refractivity contribution is 6.00. The van der Waals surface area contributed by atoms with E-state index in [0.29, 0.717) is 42.6 Å². The van der Waals surface area contributed by atoms with Crippen molar-refractivity contribution in [3.63, 3.8) is 0 Å². The normalized spacial score (nSPS) is 14.9. The maximum Gasteiger partial charge on any atom is 0.340 e. The predicted octanol–water partition coefficient (Wildman–Crippen LogP) is 2.84. The average molecular weight is 472 g/mol. The Bertz CT molecular complexity index is 929. The van der Waals surface area contributed by atoms with E-state index in [2.05, 4.69) is 10.6 Å². The van der Waals surface area contributed by atoms with Crippen molar-refractivity contribution < 1.29 is 29.3 Å². The molecule has 2 aromatic carbocycles. The Morgan fingerprint density at radius 1 is 1.12 bits per heavy atom. The standard InChI is InChI=1S/C25H33N3O6/c1-2-33-24(31)22-5-3-4-6-23(22)27-25(32)28-13-11-18(12-14-28)15-26-16-20(30)17-34-21-9-7-19(29)8-10-21/h3-10,18,20,26,29-30H,2,11-17H2,1H3,(H,27,32)/t20-/m0/s1. The van der Waals surface area contributed by atoms with Crippen LogP contribution in [0.15, 0.2) is 48.5 Å². The summed E-state index contributed by atoms with van der Waals surface area (Å²) in [7, 11) is 0. The lowest BCUT2D eigenvalue weighted by Gasteiger charge is -2.32. The van der Waals surface area contributed by atoms with Crippen LogP contribution in [0.3, 0.4) is 0 Å². The van der Waals surface area contributed by atoms with E-state index in [9.17, 15) is 19.8 Å². The van der Waals surface area contributed by atoms with Crippen LogP contribution in [0.2, 0.25) is 0 Å². The van der Waals surface area contributed by atoms with Gasteiger partial charge in [0, 0.05) is 19.6 Å². The molecule has 0 unspecified atom stereocenters. The number of aliphatic hydroxyl groups excluding tert-OH is 1. The number of rotatable bonds is 10. The van der Waals surface area contributed by atoms with Crippen LogP contribution in [0.4, 0.5) is 10.5 Å². The lowest BCUT2D eigenvalue weighted by Crippen LogP contribution is -2.43. The molecule has 0 aliphatic carbocycles. The third kappa shape index (κ3) is 7.64. The lowest BCUT2D eigenvalue weighted by molar-refractivity contribution is 0.0527. The molecule has 1 aliphatic heterocycles. The molecule has 0 aromatic heterocycles. The number of nitrogens with zero attached hydrogens (tertiary/aromatic N) is 1. The van der Waals surface area contributed by atoms with Crippen molar-refractivity contribution in [2.75, 3.05) is 44.7 Å². The number of phenolic OH excluding ortho intramolecular Hbond substituents is 1. The maximum absolute atomic E-state index is 12.7. The first-order valence-corrected chi connectivity index (χ1v) is 11.6. The number of phenols is 1. The number of benzene rings is 2. The molecule has 9 heteroatoms. The van der Waals surface area contributed by atoms with Gasteiger partial charge in [-0.25, -0.2) is 9.59 Å². The minimum Gasteiger partial charge on any atom is -0.508 e. The van der Waals surface area contributed by atoms with Crippen molar-refractivity contribution in [2.45, 2.75) is 25.9 Å². The van der Waals surface area contributed by atoms with E-state index in [4.69, 9.17) is 9.47 Å². The number of aromatic hydroxyl groups is 1. The largest absolute Gasteiger partial charge is 0.508 e. The van der Waals surface area contributed by atoms with Gasteiger partial charge < -0.3 is 35.2 Å². The molecule has 184 valence electrons. The van der Waals surface area contributed by atoms with Crippen LogP contribution in [0.25, 0.3) is 0 Å². The maximum atomic E-state index is 12.7. The zero-order valence-electron chi connectivity index (χ0n) is 19.4. The molecule has 0 radical (unpaired) electrons. The molecule has 0 saturated carbocycles. The van der Waals surface area contributed by atoms with Gasteiger partial charge in [-0.05, 0) is 68.6 Å². The number of piperidine rings is 1. The molecule has 0 bridgehead atoms. The van der Waals surface area contributed by atoms with Gasteiger partial charge in [0.15, 0.2) is 0 Å². The molecule has 1 atom stereocenters. The predicted molar refractivity (Wildman–Crippen MR) is 128 cm³/mol. The van der Waals surface area contributed by atoms with Gasteiger partial charge in [-0.15, -0.1) is 0 Å². The van der Waals surface area contributed by atoms with Gasteiger partial charge in [-0.2, -0.15) is 0 Å². The number of amides is 2. The molecule has 1 saturated heterocycles. The monoisotopic (exact) mass is 471 g/mol. The Morgan fingerprint density at radius 3 is 2.53 bits per heavy atom. The van der Waals surface area contributed by atoms with Gasteiger partial charge >= 0.3 is 12.0 Å². The number of carbonyl (C=O) groups is 2. The van der Waals surface area contributed by atoms with Crippen LogP contribution < -0.4 is 15.4 Å². The van der Waals surface area contributed by atoms with Crippen molar-refractivity contribution in [1.82, 2.24) is 10.2 Å². The molecule has 9 nitrogen and oxygen atoms in total. The summed E-state index contributed by atoms with van der Waals surface area (Å²) in [5.74, 6) is 0.701. The molecule has 2 aromatic rings. The van der Waals surface area contributed by atoms with Gasteiger partial charge in [0.2, 0.25) is 0 Å². The molecular formula is C25H33N3O6. The van der Waals surface area contributed by atoms with E-state index >= 15 is 0 Å². The number of hydrogen-bond acceptors (Lipinski definition) is 7. The quantitative estimate of drug-likeness (QED) is 0.393. The summed E-state index contributed by atoms with van der Waals surface area (Å²) in [5.41, 5.74) is 0.781. The van der Waals surface area contributed by atoms with Gasteiger partial charge in [-0.3, -0.25) is 0 Å². The minimum absolute atomic E-state index is 0.156. The van der Waals surface area contributed by atoms with Crippen molar-refractivity contribution in [1.29, 1.82) is 0 Å². The molecule has 3 rings (SSSR count). The molecule has 34 heavy (non-hydrogen) atoms. The summed E-state index contributed by atoms with van der Waals surface area (Å²) in [5, 5.41) is 25.5. The summed E-state index contributed by atoms with van der Waals surface area (Å²) in [4.78, 5) is 26.6. The SMILES string of the molecule is CCOC(=O)c1ccccc1NC(=O)N1CCC(CNC[C@H](O)COc2ccc(O)cc2)CC1. The first-order chi connectivity index (χ1) is 16.5. The summed E-state index contributed by atoms with van der Waals surface area (Å²) >= 11 is 0. The average Bonchev–Trinajstić information content (AvgIpc) is 2.84. The Hall–Kier alpha value is -3.30. The highest BCUT2D eigenvalue weighted by atomic mass is 16.5. The van der Waals surface area contributed by atoms with Crippen LogP contribution in [0.5, 0.6) is 11.5 Å². The lowest BCUT2D eigenvalue weighted by atomic mass is 9.97. The summed E-state index contributed by atoms with van der Waals surface area (Å²) in [6.45, 7) is 4.55. The Morgan fingerprint density at radius 2 is 1.82 bits per heavy atom. The van der Waals surface area contributed by atoms with Crippen LogP contribution in [-0.2, 0) is 4.74 Å². The fraction of sp³-hybridized carbons (Fsp3) is 0.440. The molecule has 1 fully saturated rings. The molecular weight excluding hydrogens is 438 g/mol. The number of esters is 1. The number of likely N-dealkylation sites (tertiary alicyclic amines) is 1. The first-order valence-electron chi connectivity index (χ1n) is 11.6. The highest BCUT2D eigenvalue weighted by Crippen LogP contribution is 2.20. The van der Waals surface area contributed by atoms with Gasteiger partial charge in [0.1, 0.15) is 24.2 Å². The zero-order chi connectivity index (χ0) is 24.3. The van der Waals surface area contributed by atoms with Gasteiger partial charge in [0.05, 0.1) is 17.9 Å². The number of carbonyl (C=O) groups excluding carboxylic acids is 2. The minimum atomic E-state index is -0.654. The van der Waals surface area contributed by atoms with Crippen molar-refractivity contribution in [3.8, 4) is 11.5 Å². The van der Waals surface area contributed by atoms with E-state index in [1.807, 2.05) is 0 Å². The van der Waals surface area contributed by atoms with Crippen LogP contribution in [-0.4, -0.2) is 72.6 Å². The number of hydrogen-bond donors (Lipinski definition) is 4. The fourth-order valence-corrected chi connectivity index (χ4v) is 3.76. The van der Waals surface area contributed by atoms with E-state index in [-0.39, 0.29) is 25.0 Å². The molecule has 4 N–H and O–H groups in total. The molecule has 2 amide bonds. The van der Waals surface area contributed by atoms with Crippen molar-refractivity contribution >= 4 is 17.7 Å². The van der Waals surface area contributed by atoms with E-state index in [1.165, 1.54) is 12.1 Å². The summed E-state index contributed by atoms with van der Waals surface area (Å²) in [6.07, 6.45) is 1.04. The number of urea groups is 1. The van der Waals surface area contributed by atoms with Crippen LogP contribution in [0.1, 0.15) is 30.1 Å². The van der Waals surface area contributed by atoms with Crippen molar-refractivity contribution in [2.24, 2.45) is 5.92 Å². The second-order valence-corrected chi connectivity index (χ2v) is 8.24. The van der Waals surface area contributed by atoms with E-state index in [0.717, 1.165) is 19.4 Å². The second-order valence-electron chi connectivity index (χ2n) is 8.24. The smallest absolute Gasteiger partial charge is 0.340 e. The Balaban J connectivity index is 1.35. The Kier molecular flexibility index (Phi) is 9.54. The number of para-hydroxylation sites is 1. The number of ether oxygens (including phenoxy) is 2. The van der Waals surface area contributed by atoms with Gasteiger partial charge in [-0.1, -0.05) is 12.1 Å². The zero-order valence-corrected chi connectivity index (χ0v) is 19.4. The van der Waals surface area contributed by atoms with E-state index < -0.39 is 12.1 Å².